The summed E-state index contributed by atoms with van der Waals surface area (Å²) in [6, 6.07) is 0. The van der Waals surface area contributed by atoms with Gasteiger partial charge in [0.1, 0.15) is 5.52 Å². The van der Waals surface area contributed by atoms with Crippen molar-refractivity contribution in [3.05, 3.63) is 16.7 Å². The monoisotopic (exact) mass is 308 g/mol. The lowest BCUT2D eigenvalue weighted by molar-refractivity contribution is 0.611. The molecule has 112 valence electrons. The Morgan fingerprint density at radius 2 is 2.14 bits per heavy atom. The molecule has 3 rings (SSSR count). The summed E-state index contributed by atoms with van der Waals surface area (Å²) in [5, 5.41) is 8.10. The summed E-state index contributed by atoms with van der Waals surface area (Å²) in [4.78, 5) is 19.5. The fourth-order valence-corrected chi connectivity index (χ4v) is 2.96. The van der Waals surface area contributed by atoms with Crippen molar-refractivity contribution in [1.82, 2.24) is 29.1 Å². The van der Waals surface area contributed by atoms with Crippen LogP contribution in [0, 0.1) is 0 Å². The van der Waals surface area contributed by atoms with E-state index in [0.717, 1.165) is 19.3 Å². The lowest BCUT2D eigenvalue weighted by Gasteiger charge is -2.08. The first-order valence-electron chi connectivity index (χ1n) is 6.79. The summed E-state index contributed by atoms with van der Waals surface area (Å²) in [5.41, 5.74) is 0.620. The van der Waals surface area contributed by atoms with E-state index in [2.05, 4.69) is 27.1 Å². The van der Waals surface area contributed by atoms with Crippen LogP contribution in [0.15, 0.2) is 16.3 Å². The number of hydrogen-bond donors (Lipinski definition) is 1. The zero-order chi connectivity index (χ0) is 15.0. The van der Waals surface area contributed by atoms with Crippen LogP contribution in [0.4, 0.5) is 0 Å². The second kappa shape index (κ2) is 5.40. The van der Waals surface area contributed by atoms with E-state index in [1.165, 1.54) is 17.0 Å². The standard InChI is InChI=1S/C12H16N6O2S/c1-3-4-5-6-17-9-8(13-7-14-9)10(19)18-11(17)15-16-12(18)21(2)20/h7H,3-6H2,1-2H3,(H,13,14). The highest BCUT2D eigenvalue weighted by molar-refractivity contribution is 7.84. The van der Waals surface area contributed by atoms with Gasteiger partial charge in [0.05, 0.1) is 17.1 Å². The second-order valence-electron chi connectivity index (χ2n) is 4.84. The zero-order valence-corrected chi connectivity index (χ0v) is 12.7. The Labute approximate surface area is 122 Å². The van der Waals surface area contributed by atoms with Gasteiger partial charge in [-0.25, -0.2) is 9.38 Å². The number of fused-ring (bicyclic) bond motifs is 2. The van der Waals surface area contributed by atoms with Crippen molar-refractivity contribution >= 4 is 27.7 Å². The van der Waals surface area contributed by atoms with Gasteiger partial charge >= 0.3 is 0 Å². The first kappa shape index (κ1) is 13.9. The number of nitrogens with zero attached hydrogens (tertiary/aromatic N) is 5. The van der Waals surface area contributed by atoms with Gasteiger partial charge in [0, 0.05) is 12.8 Å². The Morgan fingerprint density at radius 1 is 1.33 bits per heavy atom. The van der Waals surface area contributed by atoms with Crippen molar-refractivity contribution in [3.63, 3.8) is 0 Å². The maximum Gasteiger partial charge on any atom is 0.287 e. The Bertz CT molecular complexity index is 877. The predicted octanol–water partition coefficient (Wildman–Crippen LogP) is 0.695. The molecule has 9 heteroatoms. The van der Waals surface area contributed by atoms with Crippen LogP contribution in [0.3, 0.4) is 0 Å². The van der Waals surface area contributed by atoms with Crippen LogP contribution in [0.1, 0.15) is 26.2 Å². The van der Waals surface area contributed by atoms with E-state index >= 15 is 0 Å². The minimum absolute atomic E-state index is 0.163. The molecule has 0 aromatic carbocycles. The molecule has 0 aliphatic carbocycles. The van der Waals surface area contributed by atoms with Crippen molar-refractivity contribution in [3.8, 4) is 0 Å². The van der Waals surface area contributed by atoms with Gasteiger partial charge in [-0.15, -0.1) is 10.2 Å². The molecular formula is C12H16N6O2S. The molecule has 0 fully saturated rings. The Hall–Kier alpha value is -2.03. The van der Waals surface area contributed by atoms with Crippen molar-refractivity contribution < 1.29 is 4.21 Å². The second-order valence-corrected chi connectivity index (χ2v) is 6.11. The summed E-state index contributed by atoms with van der Waals surface area (Å²) < 4.78 is 14.9. The minimum Gasteiger partial charge on any atom is -0.339 e. The molecule has 1 atom stereocenters. The van der Waals surface area contributed by atoms with Crippen LogP contribution in [0.25, 0.3) is 16.9 Å². The molecular weight excluding hydrogens is 292 g/mol. The molecule has 0 radical (unpaired) electrons. The summed E-state index contributed by atoms with van der Waals surface area (Å²) in [7, 11) is -1.39. The number of aryl methyl sites for hydroxylation is 1. The van der Waals surface area contributed by atoms with Crippen LogP contribution in [0.2, 0.25) is 0 Å². The smallest absolute Gasteiger partial charge is 0.287 e. The van der Waals surface area contributed by atoms with Gasteiger partial charge in [0.15, 0.2) is 5.65 Å². The molecule has 0 spiro atoms. The summed E-state index contributed by atoms with van der Waals surface area (Å²) >= 11 is 0. The van der Waals surface area contributed by atoms with E-state index in [1.807, 2.05) is 4.57 Å². The highest BCUT2D eigenvalue weighted by Crippen LogP contribution is 2.13. The molecule has 0 saturated heterocycles. The molecule has 1 N–H and O–H groups in total. The van der Waals surface area contributed by atoms with Crippen LogP contribution in [-0.4, -0.2) is 39.6 Å². The SMILES string of the molecule is CCCCCn1c2nc[nH]c2c(=O)n2c(S(C)=O)nnc12. The average Bonchev–Trinajstić information content (AvgIpc) is 3.09. The molecule has 0 bridgehead atoms. The number of aromatic nitrogens is 6. The molecule has 0 aliphatic rings. The van der Waals surface area contributed by atoms with Crippen molar-refractivity contribution in [2.45, 2.75) is 37.9 Å². The molecule has 3 aromatic heterocycles. The normalized spacial score (nSPS) is 13.2. The highest BCUT2D eigenvalue weighted by atomic mass is 32.2. The topological polar surface area (TPSA) is 97.9 Å². The van der Waals surface area contributed by atoms with Gasteiger partial charge in [-0.3, -0.25) is 13.6 Å². The number of rotatable bonds is 5. The van der Waals surface area contributed by atoms with Crippen LogP contribution < -0.4 is 5.56 Å². The van der Waals surface area contributed by atoms with Crippen LogP contribution >= 0.6 is 0 Å². The van der Waals surface area contributed by atoms with Gasteiger partial charge in [-0.2, -0.15) is 0 Å². The third kappa shape index (κ3) is 2.17. The third-order valence-electron chi connectivity index (χ3n) is 3.39. The largest absolute Gasteiger partial charge is 0.339 e. The predicted molar refractivity (Wildman–Crippen MR) is 78.8 cm³/mol. The number of H-pyrrole nitrogens is 1. The van der Waals surface area contributed by atoms with Crippen LogP contribution in [0.5, 0.6) is 0 Å². The highest BCUT2D eigenvalue weighted by Gasteiger charge is 2.19. The van der Waals surface area contributed by atoms with Gasteiger partial charge in [-0.05, 0) is 6.42 Å². The number of nitrogens with one attached hydrogen (secondary N) is 1. The van der Waals surface area contributed by atoms with Crippen molar-refractivity contribution in [1.29, 1.82) is 0 Å². The Morgan fingerprint density at radius 3 is 2.86 bits per heavy atom. The summed E-state index contributed by atoms with van der Waals surface area (Å²) in [6.07, 6.45) is 6.09. The van der Waals surface area contributed by atoms with E-state index in [0.29, 0.717) is 23.5 Å². The van der Waals surface area contributed by atoms with E-state index in [4.69, 9.17) is 0 Å². The number of unbranched alkanes of at least 4 members (excludes halogenated alkanes) is 2. The minimum atomic E-state index is -1.39. The van der Waals surface area contributed by atoms with Crippen molar-refractivity contribution in [2.24, 2.45) is 0 Å². The van der Waals surface area contributed by atoms with Gasteiger partial charge < -0.3 is 4.98 Å². The van der Waals surface area contributed by atoms with E-state index in [1.54, 1.807) is 0 Å². The zero-order valence-electron chi connectivity index (χ0n) is 11.9. The fourth-order valence-electron chi connectivity index (χ4n) is 2.38. The number of imidazole rings is 1. The van der Waals surface area contributed by atoms with E-state index in [9.17, 15) is 9.00 Å². The summed E-state index contributed by atoms with van der Waals surface area (Å²) in [5.74, 6) is 0.390. The first-order valence-corrected chi connectivity index (χ1v) is 8.35. The molecule has 8 nitrogen and oxygen atoms in total. The average molecular weight is 308 g/mol. The van der Waals surface area contributed by atoms with E-state index < -0.39 is 10.8 Å². The number of aromatic amines is 1. The molecule has 3 aromatic rings. The Kier molecular flexibility index (Phi) is 3.58. The van der Waals surface area contributed by atoms with Crippen molar-refractivity contribution in [2.75, 3.05) is 6.26 Å². The van der Waals surface area contributed by atoms with Crippen LogP contribution in [-0.2, 0) is 17.3 Å². The third-order valence-corrected chi connectivity index (χ3v) is 4.17. The fraction of sp³-hybridized carbons (Fsp3) is 0.500. The Balaban J connectivity index is 2.31. The number of hydrogen-bond acceptors (Lipinski definition) is 5. The maximum atomic E-state index is 12.5. The first-order chi connectivity index (χ1) is 10.1. The van der Waals surface area contributed by atoms with E-state index in [-0.39, 0.29) is 10.7 Å². The lowest BCUT2D eigenvalue weighted by atomic mass is 10.2. The molecule has 21 heavy (non-hydrogen) atoms. The quantitative estimate of drug-likeness (QED) is 0.699. The van der Waals surface area contributed by atoms with Gasteiger partial charge in [0.2, 0.25) is 10.9 Å². The maximum absolute atomic E-state index is 12.5. The lowest BCUT2D eigenvalue weighted by Crippen LogP contribution is -2.21. The van der Waals surface area contributed by atoms with Gasteiger partial charge in [0.25, 0.3) is 5.56 Å². The molecule has 0 amide bonds. The molecule has 0 aliphatic heterocycles. The van der Waals surface area contributed by atoms with Gasteiger partial charge in [-0.1, -0.05) is 19.8 Å². The molecule has 1 unspecified atom stereocenters. The molecule has 0 saturated carbocycles. The summed E-state index contributed by atoms with van der Waals surface area (Å²) in [6.45, 7) is 2.81. The molecule has 3 heterocycles.